The van der Waals surface area contributed by atoms with Crippen LogP contribution in [0.2, 0.25) is 0 Å². The van der Waals surface area contributed by atoms with E-state index >= 15 is 0 Å². The molecule has 0 saturated heterocycles. The zero-order chi connectivity index (χ0) is 34.6. The summed E-state index contributed by atoms with van der Waals surface area (Å²) in [6, 6.07) is 8.03. The highest BCUT2D eigenvalue weighted by molar-refractivity contribution is 5.98. The number of para-hydroxylation sites is 1. The highest BCUT2D eigenvalue weighted by Crippen LogP contribution is 2.48. The van der Waals surface area contributed by atoms with Gasteiger partial charge in [0.2, 0.25) is 5.91 Å². The van der Waals surface area contributed by atoms with Crippen LogP contribution >= 0.6 is 0 Å². The van der Waals surface area contributed by atoms with Crippen molar-refractivity contribution in [3.05, 3.63) is 82.8 Å². The second-order valence-corrected chi connectivity index (χ2v) is 13.9. The summed E-state index contributed by atoms with van der Waals surface area (Å²) in [6.07, 6.45) is 10.2. The monoisotopic (exact) mass is 656 g/mol. The predicted molar refractivity (Wildman–Crippen MR) is 189 cm³/mol. The first kappa shape index (κ1) is 35.1. The molecule has 7 unspecified atom stereocenters. The van der Waals surface area contributed by atoms with Crippen LogP contribution in [-0.4, -0.2) is 65.1 Å². The van der Waals surface area contributed by atoms with Crippen LogP contribution in [0, 0.1) is 18.3 Å². The molecule has 48 heavy (non-hydrogen) atoms. The molecule has 6 N–H and O–H groups in total. The van der Waals surface area contributed by atoms with Crippen molar-refractivity contribution in [1.29, 1.82) is 0 Å². The molecular weight excluding hydrogens is 604 g/mol. The van der Waals surface area contributed by atoms with Crippen LogP contribution < -0.4 is 26.4 Å². The fourth-order valence-corrected chi connectivity index (χ4v) is 7.75. The number of aromatic nitrogens is 1. The number of allylic oxidation sites excluding steroid dienone is 2. The Labute approximate surface area is 284 Å². The molecule has 10 nitrogen and oxygen atoms in total. The number of rotatable bonds is 11. The number of nitrogens with one attached hydrogen (secondary N) is 3. The number of amidine groups is 1. The number of pyridine rings is 1. The molecule has 0 radical (unpaired) electrons. The highest BCUT2D eigenvalue weighted by Gasteiger charge is 2.57. The number of carbonyl (C=O) groups excluding carboxylic acids is 2. The summed E-state index contributed by atoms with van der Waals surface area (Å²) in [7, 11) is 0. The van der Waals surface area contributed by atoms with Crippen molar-refractivity contribution in [1.82, 2.24) is 20.9 Å². The normalized spacial score (nSPS) is 28.2. The van der Waals surface area contributed by atoms with Crippen molar-refractivity contribution >= 4 is 17.6 Å². The number of fused-ring (bicyclic) bond motifs is 2. The number of carbonyl (C=O) groups is 2. The van der Waals surface area contributed by atoms with Gasteiger partial charge in [-0.15, -0.1) is 0 Å². The number of hydrogen-bond acceptors (Lipinski definition) is 8. The van der Waals surface area contributed by atoms with Crippen LogP contribution in [0.3, 0.4) is 0 Å². The van der Waals surface area contributed by atoms with Gasteiger partial charge in [0.25, 0.3) is 5.91 Å². The first-order chi connectivity index (χ1) is 23.0. The van der Waals surface area contributed by atoms with Crippen LogP contribution in [0.1, 0.15) is 87.5 Å². The summed E-state index contributed by atoms with van der Waals surface area (Å²) in [5.74, 6) is 0.271. The Hall–Kier alpha value is -4.18. The summed E-state index contributed by atoms with van der Waals surface area (Å²) in [6.45, 7) is 13.0. The lowest BCUT2D eigenvalue weighted by Crippen LogP contribution is -2.60. The molecule has 2 amide bonds. The van der Waals surface area contributed by atoms with Gasteiger partial charge in [-0.3, -0.25) is 19.6 Å². The summed E-state index contributed by atoms with van der Waals surface area (Å²) >= 11 is 0. The maximum absolute atomic E-state index is 14.0. The summed E-state index contributed by atoms with van der Waals surface area (Å²) in [5.41, 5.74) is 9.60. The molecule has 5 rings (SSSR count). The molecule has 258 valence electrons. The molecule has 3 aliphatic rings. The van der Waals surface area contributed by atoms with Crippen molar-refractivity contribution in [2.45, 2.75) is 103 Å². The van der Waals surface area contributed by atoms with E-state index < -0.39 is 29.6 Å². The zero-order valence-corrected chi connectivity index (χ0v) is 29.2. The molecule has 0 aliphatic carbocycles. The Balaban J connectivity index is 1.41. The molecule has 10 heteroatoms. The molecule has 1 aromatic carbocycles. The quantitative estimate of drug-likeness (QED) is 0.243. The van der Waals surface area contributed by atoms with Crippen molar-refractivity contribution < 1.29 is 19.4 Å². The fraction of sp³-hybridized carbons (Fsp3) is 0.526. The van der Waals surface area contributed by atoms with Gasteiger partial charge in [-0.2, -0.15) is 0 Å². The molecule has 7 atom stereocenters. The molecule has 3 aliphatic heterocycles. The lowest BCUT2D eigenvalue weighted by Gasteiger charge is -2.44. The third-order valence-corrected chi connectivity index (χ3v) is 10.7. The van der Waals surface area contributed by atoms with Gasteiger partial charge in [0, 0.05) is 35.6 Å². The largest absolute Gasteiger partial charge is 0.492 e. The van der Waals surface area contributed by atoms with Gasteiger partial charge in [-0.05, 0) is 62.3 Å². The molecule has 0 bridgehead atoms. The minimum absolute atomic E-state index is 0.0631. The highest BCUT2D eigenvalue weighted by atomic mass is 16.5. The summed E-state index contributed by atoms with van der Waals surface area (Å²) < 4.78 is 6.13. The lowest BCUT2D eigenvalue weighted by atomic mass is 9.64. The predicted octanol–water partition coefficient (Wildman–Crippen LogP) is 4.25. The number of nitrogens with two attached hydrogens (primary N) is 1. The number of aliphatic imine (C=N–C) groups is 1. The van der Waals surface area contributed by atoms with Crippen LogP contribution in [0.15, 0.2) is 65.4 Å². The second kappa shape index (κ2) is 14.5. The van der Waals surface area contributed by atoms with E-state index in [9.17, 15) is 14.7 Å². The van der Waals surface area contributed by atoms with Crippen LogP contribution in [0.25, 0.3) is 0 Å². The first-order valence-corrected chi connectivity index (χ1v) is 17.4. The molecule has 0 spiro atoms. The van der Waals surface area contributed by atoms with E-state index in [1.807, 2.05) is 64.1 Å². The van der Waals surface area contributed by atoms with E-state index in [0.717, 1.165) is 36.1 Å². The number of benzene rings is 1. The smallest absolute Gasteiger partial charge is 0.255 e. The van der Waals surface area contributed by atoms with Crippen molar-refractivity contribution in [3.63, 3.8) is 0 Å². The van der Waals surface area contributed by atoms with Gasteiger partial charge in [-0.25, -0.2) is 0 Å². The number of aryl methyl sites for hydroxylation is 1. The average molecular weight is 657 g/mol. The SMILES string of the molecule is C/C=C1\C=CC2(C(O)C(CC)NC(=O)c3cccc4c3OCCC4(C)CCC)C(C)C(N)=NC2C(CNC(=O)Cc2ccc(C)cn2)N1. The third kappa shape index (κ3) is 6.72. The molecule has 0 saturated carbocycles. The summed E-state index contributed by atoms with van der Waals surface area (Å²) in [5, 5.41) is 22.1. The molecule has 0 fully saturated rings. The second-order valence-electron chi connectivity index (χ2n) is 13.9. The maximum atomic E-state index is 14.0. The number of aliphatic hydroxyl groups is 1. The topological polar surface area (TPSA) is 151 Å². The van der Waals surface area contributed by atoms with E-state index in [0.29, 0.717) is 35.9 Å². The van der Waals surface area contributed by atoms with E-state index in [1.165, 1.54) is 0 Å². The van der Waals surface area contributed by atoms with Gasteiger partial charge in [0.05, 0.1) is 54.1 Å². The Morgan fingerprint density at radius 3 is 2.73 bits per heavy atom. The number of hydrogen-bond donors (Lipinski definition) is 5. The van der Waals surface area contributed by atoms with Crippen LogP contribution in [0.4, 0.5) is 0 Å². The average Bonchev–Trinajstić information content (AvgIpc) is 3.22. The van der Waals surface area contributed by atoms with Crippen molar-refractivity contribution in [2.75, 3.05) is 13.2 Å². The van der Waals surface area contributed by atoms with Gasteiger partial charge >= 0.3 is 0 Å². The van der Waals surface area contributed by atoms with E-state index in [2.05, 4.69) is 40.8 Å². The maximum Gasteiger partial charge on any atom is 0.255 e. The van der Waals surface area contributed by atoms with E-state index in [4.69, 9.17) is 15.5 Å². The first-order valence-electron chi connectivity index (χ1n) is 17.4. The number of amides is 2. The van der Waals surface area contributed by atoms with Gasteiger partial charge in [-0.1, -0.05) is 64.5 Å². The minimum Gasteiger partial charge on any atom is -0.492 e. The molecule has 1 aromatic heterocycles. The number of aliphatic hydroxyl groups excluding tert-OH is 1. The lowest BCUT2D eigenvalue weighted by molar-refractivity contribution is -0.120. The van der Waals surface area contributed by atoms with Crippen molar-refractivity contribution in [2.24, 2.45) is 22.1 Å². The minimum atomic E-state index is -1.05. The summed E-state index contributed by atoms with van der Waals surface area (Å²) in [4.78, 5) is 36.3. The molecule has 2 aromatic rings. The van der Waals surface area contributed by atoms with Crippen LogP contribution in [-0.2, 0) is 16.6 Å². The Morgan fingerprint density at radius 1 is 1.25 bits per heavy atom. The Morgan fingerprint density at radius 2 is 2.04 bits per heavy atom. The Bertz CT molecular complexity index is 1590. The van der Waals surface area contributed by atoms with Crippen molar-refractivity contribution in [3.8, 4) is 5.75 Å². The number of nitrogens with zero attached hydrogens (tertiary/aromatic N) is 2. The standard InChI is InChI=1S/C38H52N6O4/c1-7-16-37(6)18-19-48-32-27(11-10-12-28(32)37)36(47)43-29(9-3)34(46)38-17-15-25(8-2)42-30(33(38)44-35(39)24(38)5)22-41-31(45)20-26-14-13-23(4)21-40-26/h8,10-15,17,21,24,29-30,33-34,42,46H,7,9,16,18-20,22H2,1-6H3,(H2,39,44)(H,41,45)(H,43,47)/b25-8+. The van der Waals surface area contributed by atoms with E-state index in [1.54, 1.807) is 12.3 Å². The zero-order valence-electron chi connectivity index (χ0n) is 29.2. The van der Waals surface area contributed by atoms with Gasteiger partial charge < -0.3 is 31.5 Å². The third-order valence-electron chi connectivity index (χ3n) is 10.7. The van der Waals surface area contributed by atoms with Crippen LogP contribution in [0.5, 0.6) is 5.75 Å². The Kier molecular flexibility index (Phi) is 10.6. The molecular formula is C38H52N6O4. The van der Waals surface area contributed by atoms with Gasteiger partial charge in [0.15, 0.2) is 0 Å². The molecule has 4 heterocycles. The van der Waals surface area contributed by atoms with Gasteiger partial charge in [0.1, 0.15) is 5.75 Å². The fourth-order valence-electron chi connectivity index (χ4n) is 7.75. The van der Waals surface area contributed by atoms with E-state index in [-0.39, 0.29) is 36.1 Å². The number of ether oxygens (including phenoxy) is 1.